The lowest BCUT2D eigenvalue weighted by Gasteiger charge is -2.17. The van der Waals surface area contributed by atoms with Gasteiger partial charge in [0, 0.05) is 23.5 Å². The lowest BCUT2D eigenvalue weighted by atomic mass is 10.2. The van der Waals surface area contributed by atoms with E-state index in [4.69, 9.17) is 0 Å². The smallest absolute Gasteiger partial charge is 0.239 e. The Morgan fingerprint density at radius 3 is 2.88 bits per heavy atom. The van der Waals surface area contributed by atoms with E-state index in [9.17, 15) is 14.0 Å². The zero-order valence-electron chi connectivity index (χ0n) is 13.0. The number of benzene rings is 1. The van der Waals surface area contributed by atoms with E-state index in [2.05, 4.69) is 10.6 Å². The highest BCUT2D eigenvalue weighted by Gasteiger charge is 2.24. The summed E-state index contributed by atoms with van der Waals surface area (Å²) in [6.07, 6.45) is 1.21. The number of thiophene rings is 1. The van der Waals surface area contributed by atoms with Crippen LogP contribution in [0.1, 0.15) is 17.7 Å². The first-order valence-corrected chi connectivity index (χ1v) is 8.64. The highest BCUT2D eigenvalue weighted by molar-refractivity contribution is 7.09. The van der Waals surface area contributed by atoms with Crippen LogP contribution in [0.2, 0.25) is 0 Å². The van der Waals surface area contributed by atoms with Crippen molar-refractivity contribution in [1.82, 2.24) is 5.32 Å². The Balaban J connectivity index is 1.53. The maximum Gasteiger partial charge on any atom is 0.239 e. The second kappa shape index (κ2) is 7.44. The van der Waals surface area contributed by atoms with Crippen molar-refractivity contribution in [2.24, 2.45) is 0 Å². The van der Waals surface area contributed by atoms with E-state index in [1.165, 1.54) is 11.0 Å². The Morgan fingerprint density at radius 1 is 1.33 bits per heavy atom. The summed E-state index contributed by atoms with van der Waals surface area (Å²) in [5, 5.41) is 7.64. The zero-order valence-corrected chi connectivity index (χ0v) is 13.9. The van der Waals surface area contributed by atoms with Crippen LogP contribution < -0.4 is 15.5 Å². The van der Waals surface area contributed by atoms with Gasteiger partial charge >= 0.3 is 0 Å². The minimum Gasteiger partial charge on any atom is -0.376 e. The van der Waals surface area contributed by atoms with Crippen molar-refractivity contribution >= 4 is 34.5 Å². The molecule has 126 valence electrons. The monoisotopic (exact) mass is 347 g/mol. The van der Waals surface area contributed by atoms with E-state index >= 15 is 0 Å². The molecule has 7 heteroatoms. The molecule has 2 aromatic rings. The van der Waals surface area contributed by atoms with E-state index in [1.807, 2.05) is 17.5 Å². The Bertz CT molecular complexity index is 733. The van der Waals surface area contributed by atoms with Crippen LogP contribution >= 0.6 is 11.3 Å². The SMILES string of the molecule is O=C(CNc1ccc(N2CCCC2=O)c(F)c1)NCc1cccs1. The van der Waals surface area contributed by atoms with Crippen LogP contribution in [0.4, 0.5) is 15.8 Å². The van der Waals surface area contributed by atoms with E-state index in [-0.39, 0.29) is 18.4 Å². The van der Waals surface area contributed by atoms with Crippen LogP contribution in [0.15, 0.2) is 35.7 Å². The van der Waals surface area contributed by atoms with Crippen LogP contribution in [0.25, 0.3) is 0 Å². The summed E-state index contributed by atoms with van der Waals surface area (Å²) in [4.78, 5) is 26.0. The number of hydrogen-bond donors (Lipinski definition) is 2. The van der Waals surface area contributed by atoms with Crippen molar-refractivity contribution in [2.75, 3.05) is 23.3 Å². The number of nitrogens with zero attached hydrogens (tertiary/aromatic N) is 1. The average molecular weight is 347 g/mol. The summed E-state index contributed by atoms with van der Waals surface area (Å²) in [5.74, 6) is -0.681. The zero-order chi connectivity index (χ0) is 16.9. The Morgan fingerprint density at radius 2 is 2.21 bits per heavy atom. The molecule has 0 bridgehead atoms. The lowest BCUT2D eigenvalue weighted by Crippen LogP contribution is -2.29. The van der Waals surface area contributed by atoms with Gasteiger partial charge in [-0.3, -0.25) is 9.59 Å². The fraction of sp³-hybridized carbons (Fsp3) is 0.294. The number of anilines is 2. The minimum atomic E-state index is -0.464. The van der Waals surface area contributed by atoms with Gasteiger partial charge in [0.25, 0.3) is 0 Å². The molecule has 0 atom stereocenters. The number of carbonyl (C=O) groups is 2. The molecule has 5 nitrogen and oxygen atoms in total. The van der Waals surface area contributed by atoms with E-state index < -0.39 is 5.82 Å². The largest absolute Gasteiger partial charge is 0.376 e. The fourth-order valence-electron chi connectivity index (χ4n) is 2.58. The molecule has 0 radical (unpaired) electrons. The quantitative estimate of drug-likeness (QED) is 0.845. The van der Waals surface area contributed by atoms with E-state index in [0.717, 1.165) is 11.3 Å². The highest BCUT2D eigenvalue weighted by Crippen LogP contribution is 2.26. The van der Waals surface area contributed by atoms with Crippen molar-refractivity contribution in [1.29, 1.82) is 0 Å². The summed E-state index contributed by atoms with van der Waals surface area (Å²) in [6.45, 7) is 1.10. The van der Waals surface area contributed by atoms with Crippen LogP contribution in [-0.2, 0) is 16.1 Å². The molecular weight excluding hydrogens is 329 g/mol. The fourth-order valence-corrected chi connectivity index (χ4v) is 3.23. The van der Waals surface area contributed by atoms with E-state index in [1.54, 1.807) is 23.5 Å². The molecule has 0 unspecified atom stereocenters. The Hall–Kier alpha value is -2.41. The third-order valence-corrected chi connectivity index (χ3v) is 4.68. The summed E-state index contributed by atoms with van der Waals surface area (Å²) >= 11 is 1.58. The van der Waals surface area contributed by atoms with Gasteiger partial charge < -0.3 is 15.5 Å². The van der Waals surface area contributed by atoms with Gasteiger partial charge in [0.15, 0.2) is 0 Å². The molecule has 1 fully saturated rings. The second-order valence-corrected chi connectivity index (χ2v) is 6.56. The first-order valence-electron chi connectivity index (χ1n) is 7.76. The molecule has 2 amide bonds. The summed E-state index contributed by atoms with van der Waals surface area (Å²) in [6, 6.07) is 8.44. The predicted octanol–water partition coefficient (Wildman–Crippen LogP) is 2.74. The molecule has 2 N–H and O–H groups in total. The highest BCUT2D eigenvalue weighted by atomic mass is 32.1. The molecule has 1 aromatic carbocycles. The van der Waals surface area contributed by atoms with Crippen molar-refractivity contribution in [3.63, 3.8) is 0 Å². The van der Waals surface area contributed by atoms with Gasteiger partial charge in [0.05, 0.1) is 18.8 Å². The summed E-state index contributed by atoms with van der Waals surface area (Å²) in [5.41, 5.74) is 0.805. The van der Waals surface area contributed by atoms with Gasteiger partial charge in [-0.2, -0.15) is 0 Å². The normalized spacial score (nSPS) is 14.0. The number of halogens is 1. The number of rotatable bonds is 6. The molecule has 0 saturated carbocycles. The minimum absolute atomic E-state index is 0.0532. The van der Waals surface area contributed by atoms with E-state index in [0.29, 0.717) is 30.9 Å². The first kappa shape index (κ1) is 16.4. The first-order chi connectivity index (χ1) is 11.6. The van der Waals surface area contributed by atoms with Crippen LogP contribution in [0.3, 0.4) is 0 Å². The third-order valence-electron chi connectivity index (χ3n) is 3.80. The molecule has 0 aliphatic carbocycles. The van der Waals surface area contributed by atoms with Gasteiger partial charge in [0.2, 0.25) is 11.8 Å². The van der Waals surface area contributed by atoms with Gasteiger partial charge in [-0.15, -0.1) is 11.3 Å². The molecule has 1 aliphatic rings. The molecule has 2 heterocycles. The summed E-state index contributed by atoms with van der Waals surface area (Å²) in [7, 11) is 0. The predicted molar refractivity (Wildman–Crippen MR) is 92.6 cm³/mol. The standard InChI is InChI=1S/C17H18FN3O2S/c18-14-9-12(5-6-15(14)21-7-1-4-17(21)23)19-11-16(22)20-10-13-3-2-8-24-13/h2-3,5-6,8-9,19H,1,4,7,10-11H2,(H,20,22). The molecule has 1 aromatic heterocycles. The molecule has 24 heavy (non-hydrogen) atoms. The van der Waals surface area contributed by atoms with Gasteiger partial charge in [-0.05, 0) is 36.1 Å². The van der Waals surface area contributed by atoms with Crippen molar-refractivity contribution in [2.45, 2.75) is 19.4 Å². The maximum atomic E-state index is 14.2. The molecular formula is C17H18FN3O2S. The number of hydrogen-bond acceptors (Lipinski definition) is 4. The Kier molecular flexibility index (Phi) is 5.10. The number of nitrogens with one attached hydrogen (secondary N) is 2. The average Bonchev–Trinajstić information content (AvgIpc) is 3.23. The van der Waals surface area contributed by atoms with Crippen LogP contribution in [0.5, 0.6) is 0 Å². The lowest BCUT2D eigenvalue weighted by molar-refractivity contribution is -0.119. The molecule has 1 aliphatic heterocycles. The van der Waals surface area contributed by atoms with Crippen molar-refractivity contribution in [3.05, 3.63) is 46.4 Å². The van der Waals surface area contributed by atoms with Crippen LogP contribution in [0, 0.1) is 5.82 Å². The Labute approximate surface area is 143 Å². The molecule has 3 rings (SSSR count). The number of carbonyl (C=O) groups excluding carboxylic acids is 2. The molecule has 1 saturated heterocycles. The third kappa shape index (κ3) is 3.91. The van der Waals surface area contributed by atoms with Gasteiger partial charge in [-0.25, -0.2) is 4.39 Å². The van der Waals surface area contributed by atoms with Gasteiger partial charge in [0.1, 0.15) is 5.82 Å². The maximum absolute atomic E-state index is 14.2. The number of amides is 2. The summed E-state index contributed by atoms with van der Waals surface area (Å²) < 4.78 is 14.2. The van der Waals surface area contributed by atoms with Gasteiger partial charge in [-0.1, -0.05) is 6.07 Å². The van der Waals surface area contributed by atoms with Crippen LogP contribution in [-0.4, -0.2) is 24.9 Å². The topological polar surface area (TPSA) is 61.4 Å². The molecule has 0 spiro atoms. The van der Waals surface area contributed by atoms with Crippen molar-refractivity contribution < 1.29 is 14.0 Å². The van der Waals surface area contributed by atoms with Crippen molar-refractivity contribution in [3.8, 4) is 0 Å². The second-order valence-electron chi connectivity index (χ2n) is 5.52.